The van der Waals surface area contributed by atoms with Crippen LogP contribution in [0.15, 0.2) is 36.5 Å². The van der Waals surface area contributed by atoms with E-state index in [9.17, 15) is 4.79 Å². The van der Waals surface area contributed by atoms with Gasteiger partial charge in [0.05, 0.1) is 23.1 Å². The second-order valence-corrected chi connectivity index (χ2v) is 6.48. The Morgan fingerprint density at radius 2 is 2.00 bits per heavy atom. The van der Waals surface area contributed by atoms with Crippen LogP contribution < -0.4 is 10.6 Å². The van der Waals surface area contributed by atoms with Gasteiger partial charge in [-0.3, -0.25) is 4.79 Å². The number of piperidine rings is 1. The van der Waals surface area contributed by atoms with Gasteiger partial charge in [-0.05, 0) is 44.4 Å². The minimum Gasteiger partial charge on any atom is -0.348 e. The Balaban J connectivity index is 0.00000169. The summed E-state index contributed by atoms with van der Waals surface area (Å²) in [7, 11) is 0. The molecule has 2 aromatic rings. The lowest BCUT2D eigenvalue weighted by molar-refractivity contribution is 0.0929. The van der Waals surface area contributed by atoms with E-state index >= 15 is 0 Å². The zero-order valence-corrected chi connectivity index (χ0v) is 14.4. The highest BCUT2D eigenvalue weighted by Crippen LogP contribution is 2.42. The van der Waals surface area contributed by atoms with Crippen LogP contribution in [0.3, 0.4) is 0 Å². The third kappa shape index (κ3) is 3.47. The molecule has 2 fully saturated rings. The van der Waals surface area contributed by atoms with Gasteiger partial charge in [-0.2, -0.15) is 5.10 Å². The highest BCUT2D eigenvalue weighted by molar-refractivity contribution is 5.95. The minimum absolute atomic E-state index is 0. The van der Waals surface area contributed by atoms with Crippen molar-refractivity contribution in [3.63, 3.8) is 0 Å². The summed E-state index contributed by atoms with van der Waals surface area (Å²) in [6.45, 7) is 1.91. The predicted octanol–water partition coefficient (Wildman–Crippen LogP) is 2.65. The van der Waals surface area contributed by atoms with Crippen LogP contribution in [0.4, 0.5) is 0 Å². The van der Waals surface area contributed by atoms with Crippen molar-refractivity contribution in [1.82, 2.24) is 20.4 Å². The largest absolute Gasteiger partial charge is 0.348 e. The molecular formula is C18H23ClN4O. The third-order valence-electron chi connectivity index (χ3n) is 4.65. The smallest absolute Gasteiger partial charge is 0.255 e. The molecule has 128 valence electrons. The van der Waals surface area contributed by atoms with Gasteiger partial charge in [0, 0.05) is 18.5 Å². The summed E-state index contributed by atoms with van der Waals surface area (Å²) < 4.78 is 1.94. The van der Waals surface area contributed by atoms with E-state index in [2.05, 4.69) is 15.7 Å². The summed E-state index contributed by atoms with van der Waals surface area (Å²) >= 11 is 0. The van der Waals surface area contributed by atoms with Crippen LogP contribution in [-0.2, 0) is 0 Å². The molecule has 6 heteroatoms. The van der Waals surface area contributed by atoms with Gasteiger partial charge in [-0.25, -0.2) is 4.68 Å². The average Bonchev–Trinajstić information content (AvgIpc) is 3.34. The Morgan fingerprint density at radius 1 is 1.21 bits per heavy atom. The summed E-state index contributed by atoms with van der Waals surface area (Å²) in [6, 6.07) is 10.3. The molecule has 1 amide bonds. The normalized spacial score (nSPS) is 20.2. The Hall–Kier alpha value is -1.85. The number of halogens is 1. The molecule has 2 aliphatic rings. The number of aromatic nitrogens is 2. The lowest BCUT2D eigenvalue weighted by Gasteiger charge is -2.23. The Bertz CT molecular complexity index is 690. The number of hydrogen-bond donors (Lipinski definition) is 2. The topological polar surface area (TPSA) is 59.0 Å². The first-order valence-electron chi connectivity index (χ1n) is 8.48. The quantitative estimate of drug-likeness (QED) is 0.894. The van der Waals surface area contributed by atoms with Crippen molar-refractivity contribution in [3.8, 4) is 5.69 Å². The second kappa shape index (κ2) is 7.36. The number of para-hydroxylation sites is 1. The zero-order valence-electron chi connectivity index (χ0n) is 13.6. The van der Waals surface area contributed by atoms with E-state index in [1.165, 1.54) is 0 Å². The highest BCUT2D eigenvalue weighted by atomic mass is 35.5. The van der Waals surface area contributed by atoms with Crippen molar-refractivity contribution < 1.29 is 4.79 Å². The summed E-state index contributed by atoms with van der Waals surface area (Å²) in [4.78, 5) is 12.7. The van der Waals surface area contributed by atoms with Crippen LogP contribution in [-0.4, -0.2) is 34.8 Å². The first-order chi connectivity index (χ1) is 11.3. The molecule has 4 rings (SSSR count). The van der Waals surface area contributed by atoms with Crippen molar-refractivity contribution in [2.24, 2.45) is 0 Å². The molecule has 1 aliphatic carbocycles. The fourth-order valence-electron chi connectivity index (χ4n) is 3.30. The van der Waals surface area contributed by atoms with Crippen molar-refractivity contribution in [1.29, 1.82) is 0 Å². The molecule has 1 saturated heterocycles. The summed E-state index contributed by atoms with van der Waals surface area (Å²) in [5.74, 6) is 0.478. The van der Waals surface area contributed by atoms with Gasteiger partial charge >= 0.3 is 0 Å². The molecule has 1 aliphatic heterocycles. The third-order valence-corrected chi connectivity index (χ3v) is 4.65. The Kier molecular flexibility index (Phi) is 5.21. The first-order valence-corrected chi connectivity index (χ1v) is 8.48. The van der Waals surface area contributed by atoms with Crippen molar-refractivity contribution >= 4 is 18.3 Å². The number of carbonyl (C=O) groups excluding carboxylic acids is 1. The van der Waals surface area contributed by atoms with E-state index in [0.717, 1.165) is 55.7 Å². The zero-order chi connectivity index (χ0) is 15.6. The molecule has 0 bridgehead atoms. The molecule has 1 atom stereocenters. The van der Waals surface area contributed by atoms with Gasteiger partial charge in [-0.1, -0.05) is 18.2 Å². The van der Waals surface area contributed by atoms with Crippen molar-refractivity contribution in [2.45, 2.75) is 37.6 Å². The highest BCUT2D eigenvalue weighted by Gasteiger charge is 2.33. The van der Waals surface area contributed by atoms with Crippen molar-refractivity contribution in [2.75, 3.05) is 13.1 Å². The molecule has 24 heavy (non-hydrogen) atoms. The predicted molar refractivity (Wildman–Crippen MR) is 96.1 cm³/mol. The molecule has 1 saturated carbocycles. The molecule has 0 spiro atoms. The number of carbonyl (C=O) groups is 1. The first kappa shape index (κ1) is 17.0. The molecule has 2 heterocycles. The van der Waals surface area contributed by atoms with Crippen LogP contribution in [0.25, 0.3) is 5.69 Å². The number of rotatable bonds is 4. The van der Waals surface area contributed by atoms with Gasteiger partial charge in [0.15, 0.2) is 0 Å². The molecule has 1 aromatic carbocycles. The molecule has 5 nitrogen and oxygen atoms in total. The molecule has 0 radical (unpaired) electrons. The number of amides is 1. The lowest BCUT2D eigenvalue weighted by Crippen LogP contribution is -2.45. The van der Waals surface area contributed by atoms with Gasteiger partial charge in [-0.15, -0.1) is 12.4 Å². The number of hydrogen-bond acceptors (Lipinski definition) is 3. The molecule has 1 aromatic heterocycles. The lowest BCUT2D eigenvalue weighted by atomic mass is 10.1. The van der Waals surface area contributed by atoms with E-state index < -0.39 is 0 Å². The minimum atomic E-state index is 0. The summed E-state index contributed by atoms with van der Waals surface area (Å²) in [5, 5.41) is 11.0. The fourth-order valence-corrected chi connectivity index (χ4v) is 3.30. The van der Waals surface area contributed by atoms with E-state index in [4.69, 9.17) is 0 Å². The van der Waals surface area contributed by atoms with E-state index in [1.54, 1.807) is 6.20 Å². The van der Waals surface area contributed by atoms with E-state index in [-0.39, 0.29) is 24.4 Å². The molecule has 2 N–H and O–H groups in total. The maximum absolute atomic E-state index is 12.7. The number of nitrogens with one attached hydrogen (secondary N) is 2. The van der Waals surface area contributed by atoms with Gasteiger partial charge in [0.2, 0.25) is 0 Å². The maximum atomic E-state index is 12.7. The fraction of sp³-hybridized carbons (Fsp3) is 0.444. The van der Waals surface area contributed by atoms with Crippen LogP contribution in [0.2, 0.25) is 0 Å². The summed E-state index contributed by atoms with van der Waals surface area (Å²) in [5.41, 5.74) is 2.83. The number of nitrogens with zero attached hydrogens (tertiary/aromatic N) is 2. The maximum Gasteiger partial charge on any atom is 0.255 e. The van der Waals surface area contributed by atoms with E-state index in [1.807, 2.05) is 35.0 Å². The van der Waals surface area contributed by atoms with Crippen LogP contribution in [0.1, 0.15) is 47.7 Å². The monoisotopic (exact) mass is 346 g/mol. The molecule has 0 unspecified atom stereocenters. The average molecular weight is 347 g/mol. The van der Waals surface area contributed by atoms with Gasteiger partial charge < -0.3 is 10.6 Å². The van der Waals surface area contributed by atoms with Gasteiger partial charge in [0.1, 0.15) is 0 Å². The molecular weight excluding hydrogens is 324 g/mol. The van der Waals surface area contributed by atoms with Crippen LogP contribution in [0.5, 0.6) is 0 Å². The Labute approximate surface area is 148 Å². The van der Waals surface area contributed by atoms with Crippen LogP contribution in [0, 0.1) is 0 Å². The Morgan fingerprint density at radius 3 is 2.67 bits per heavy atom. The SMILES string of the molecule is Cl.O=C(N[C@H]1CCCNC1)c1cnn(-c2ccccc2)c1C1CC1. The standard InChI is InChI=1S/C18H22N4O.ClH/c23-18(21-14-5-4-10-19-11-14)16-12-20-22(17(16)13-8-9-13)15-6-2-1-3-7-15;/h1-3,6-7,12-14,19H,4-5,8-11H2,(H,21,23);1H/t14-;/m0./s1. The van der Waals surface area contributed by atoms with Crippen LogP contribution >= 0.6 is 12.4 Å². The second-order valence-electron chi connectivity index (χ2n) is 6.48. The number of benzene rings is 1. The van der Waals surface area contributed by atoms with Crippen molar-refractivity contribution in [3.05, 3.63) is 47.8 Å². The van der Waals surface area contributed by atoms with E-state index in [0.29, 0.717) is 5.92 Å². The van der Waals surface area contributed by atoms with Gasteiger partial charge in [0.25, 0.3) is 5.91 Å². The summed E-state index contributed by atoms with van der Waals surface area (Å²) in [6.07, 6.45) is 6.17.